The van der Waals surface area contributed by atoms with Gasteiger partial charge in [0, 0.05) is 25.1 Å². The van der Waals surface area contributed by atoms with E-state index in [1.807, 2.05) is 0 Å². The van der Waals surface area contributed by atoms with E-state index in [9.17, 15) is 9.59 Å². The van der Waals surface area contributed by atoms with E-state index >= 15 is 0 Å². The quantitative estimate of drug-likeness (QED) is 0.833. The number of aromatic nitrogens is 2. The third kappa shape index (κ3) is 2.57. The van der Waals surface area contributed by atoms with Crippen LogP contribution in [0.15, 0.2) is 23.0 Å². The SMILES string of the molecule is Cn1c(=S)[nH]c2cc(C(=O)NC[C@@H]3C[C@H]4CC[C@H]3O4)ccc2c1=O. The van der Waals surface area contributed by atoms with Gasteiger partial charge in [-0.3, -0.25) is 14.2 Å². The van der Waals surface area contributed by atoms with E-state index < -0.39 is 0 Å². The largest absolute Gasteiger partial charge is 0.375 e. The summed E-state index contributed by atoms with van der Waals surface area (Å²) in [5.41, 5.74) is 0.935. The summed E-state index contributed by atoms with van der Waals surface area (Å²) >= 11 is 5.12. The first-order valence-corrected chi connectivity index (χ1v) is 8.60. The van der Waals surface area contributed by atoms with Crippen molar-refractivity contribution in [2.75, 3.05) is 6.54 Å². The molecule has 2 saturated heterocycles. The Labute approximate surface area is 143 Å². The van der Waals surface area contributed by atoms with Gasteiger partial charge >= 0.3 is 0 Å². The molecule has 126 valence electrons. The highest BCUT2D eigenvalue weighted by atomic mass is 32.1. The van der Waals surface area contributed by atoms with Crippen LogP contribution >= 0.6 is 12.2 Å². The number of H-pyrrole nitrogens is 1. The molecule has 1 aromatic carbocycles. The molecule has 3 atom stereocenters. The number of hydrogen-bond acceptors (Lipinski definition) is 4. The molecule has 1 amide bonds. The van der Waals surface area contributed by atoms with E-state index in [2.05, 4.69) is 10.3 Å². The van der Waals surface area contributed by atoms with Gasteiger partial charge in [-0.2, -0.15) is 0 Å². The van der Waals surface area contributed by atoms with Crippen molar-refractivity contribution in [3.63, 3.8) is 0 Å². The maximum atomic E-state index is 12.4. The van der Waals surface area contributed by atoms with E-state index in [1.54, 1.807) is 25.2 Å². The molecule has 24 heavy (non-hydrogen) atoms. The number of benzene rings is 1. The van der Waals surface area contributed by atoms with Gasteiger partial charge in [-0.05, 0) is 49.7 Å². The molecule has 2 aliphatic heterocycles. The number of fused-ring (bicyclic) bond motifs is 3. The average molecular weight is 345 g/mol. The lowest BCUT2D eigenvalue weighted by atomic mass is 9.89. The van der Waals surface area contributed by atoms with E-state index in [4.69, 9.17) is 17.0 Å². The highest BCUT2D eigenvalue weighted by molar-refractivity contribution is 7.71. The van der Waals surface area contributed by atoms with Gasteiger partial charge in [-0.1, -0.05) is 0 Å². The zero-order chi connectivity index (χ0) is 16.8. The summed E-state index contributed by atoms with van der Waals surface area (Å²) in [6.45, 7) is 0.630. The van der Waals surface area contributed by atoms with Gasteiger partial charge < -0.3 is 15.0 Å². The third-order valence-corrected chi connectivity index (χ3v) is 5.50. The highest BCUT2D eigenvalue weighted by Crippen LogP contribution is 2.38. The summed E-state index contributed by atoms with van der Waals surface area (Å²) < 4.78 is 7.53. The second kappa shape index (κ2) is 5.82. The summed E-state index contributed by atoms with van der Waals surface area (Å²) in [5, 5.41) is 3.51. The Balaban J connectivity index is 1.53. The normalized spacial score (nSPS) is 25.3. The summed E-state index contributed by atoms with van der Waals surface area (Å²) in [4.78, 5) is 27.6. The van der Waals surface area contributed by atoms with E-state index in [0.29, 0.717) is 45.9 Å². The number of carbonyl (C=O) groups is 1. The van der Waals surface area contributed by atoms with Crippen LogP contribution in [-0.4, -0.2) is 34.2 Å². The number of nitrogens with one attached hydrogen (secondary N) is 2. The Morgan fingerprint density at radius 1 is 1.46 bits per heavy atom. The van der Waals surface area contributed by atoms with Gasteiger partial charge in [0.15, 0.2) is 4.77 Å². The van der Waals surface area contributed by atoms with Crippen LogP contribution in [0.25, 0.3) is 10.9 Å². The maximum absolute atomic E-state index is 12.4. The standard InChI is InChI=1S/C17H19N3O3S/c1-20-16(22)12-4-2-9(7-13(12)19-17(20)24)15(21)18-8-10-6-11-3-5-14(10)23-11/h2,4,7,10-11,14H,3,5-6,8H2,1H3,(H,18,21)(H,19,24)/t10-,11+,14+/m0/s1. The van der Waals surface area contributed by atoms with Gasteiger partial charge in [-0.15, -0.1) is 0 Å². The van der Waals surface area contributed by atoms with Crippen LogP contribution in [0.2, 0.25) is 0 Å². The van der Waals surface area contributed by atoms with Gasteiger partial charge in [0.2, 0.25) is 0 Å². The Kier molecular flexibility index (Phi) is 3.77. The number of hydrogen-bond donors (Lipinski definition) is 2. The number of aromatic amines is 1. The fourth-order valence-electron chi connectivity index (χ4n) is 3.73. The van der Waals surface area contributed by atoms with Crippen molar-refractivity contribution in [1.82, 2.24) is 14.9 Å². The molecule has 0 aliphatic carbocycles. The van der Waals surface area contributed by atoms with Crippen molar-refractivity contribution < 1.29 is 9.53 Å². The molecule has 0 spiro atoms. The monoisotopic (exact) mass is 345 g/mol. The first-order chi connectivity index (χ1) is 11.5. The molecule has 1 aromatic heterocycles. The second-order valence-corrected chi connectivity index (χ2v) is 7.02. The molecule has 2 aliphatic rings. The van der Waals surface area contributed by atoms with Crippen LogP contribution in [-0.2, 0) is 11.8 Å². The van der Waals surface area contributed by atoms with E-state index in [-0.39, 0.29) is 11.5 Å². The molecule has 0 radical (unpaired) electrons. The number of nitrogens with zero attached hydrogens (tertiary/aromatic N) is 1. The van der Waals surface area contributed by atoms with Gasteiger partial charge in [-0.25, -0.2) is 0 Å². The maximum Gasteiger partial charge on any atom is 0.261 e. The zero-order valence-electron chi connectivity index (χ0n) is 13.4. The van der Waals surface area contributed by atoms with Gasteiger partial charge in [0.1, 0.15) is 0 Å². The topological polar surface area (TPSA) is 76.1 Å². The molecule has 3 heterocycles. The molecule has 2 fully saturated rings. The van der Waals surface area contributed by atoms with Crippen molar-refractivity contribution in [2.45, 2.75) is 31.5 Å². The zero-order valence-corrected chi connectivity index (χ0v) is 14.2. The highest BCUT2D eigenvalue weighted by Gasteiger charge is 2.40. The van der Waals surface area contributed by atoms with Crippen molar-refractivity contribution in [1.29, 1.82) is 0 Å². The fourth-order valence-corrected chi connectivity index (χ4v) is 3.92. The van der Waals surface area contributed by atoms with Crippen LogP contribution in [0.5, 0.6) is 0 Å². The van der Waals surface area contributed by atoms with Crippen molar-refractivity contribution >= 4 is 29.0 Å². The number of ether oxygens (including phenoxy) is 1. The first kappa shape index (κ1) is 15.5. The van der Waals surface area contributed by atoms with Gasteiger partial charge in [0.05, 0.1) is 23.1 Å². The van der Waals surface area contributed by atoms with Crippen LogP contribution in [0.4, 0.5) is 0 Å². The molecule has 0 unspecified atom stereocenters. The van der Waals surface area contributed by atoms with Crippen LogP contribution in [0, 0.1) is 10.7 Å². The van der Waals surface area contributed by atoms with Gasteiger partial charge in [0.25, 0.3) is 11.5 Å². The Morgan fingerprint density at radius 3 is 3.00 bits per heavy atom. The van der Waals surface area contributed by atoms with Crippen LogP contribution in [0.3, 0.4) is 0 Å². The van der Waals surface area contributed by atoms with Crippen molar-refractivity contribution in [3.05, 3.63) is 38.9 Å². The number of amides is 1. The van der Waals surface area contributed by atoms with Crippen molar-refractivity contribution in [2.24, 2.45) is 13.0 Å². The summed E-state index contributed by atoms with van der Waals surface area (Å²) in [5.74, 6) is 0.269. The minimum Gasteiger partial charge on any atom is -0.375 e. The molecule has 6 nitrogen and oxygen atoms in total. The number of rotatable bonds is 3. The summed E-state index contributed by atoms with van der Waals surface area (Å²) in [7, 11) is 1.62. The molecular weight excluding hydrogens is 326 g/mol. The van der Waals surface area contributed by atoms with Crippen LogP contribution < -0.4 is 10.9 Å². The van der Waals surface area contributed by atoms with Crippen LogP contribution in [0.1, 0.15) is 29.6 Å². The molecule has 0 saturated carbocycles. The molecule has 7 heteroatoms. The predicted molar refractivity (Wildman–Crippen MR) is 92.7 cm³/mol. The lowest BCUT2D eigenvalue weighted by Gasteiger charge is -2.18. The van der Waals surface area contributed by atoms with Crippen molar-refractivity contribution in [3.8, 4) is 0 Å². The third-order valence-electron chi connectivity index (χ3n) is 5.12. The Bertz CT molecular complexity index is 933. The molecule has 2 bridgehead atoms. The lowest BCUT2D eigenvalue weighted by molar-refractivity contribution is 0.0873. The smallest absolute Gasteiger partial charge is 0.261 e. The predicted octanol–water partition coefficient (Wildman–Crippen LogP) is 1.89. The molecule has 2 aromatic rings. The number of carbonyl (C=O) groups excluding carboxylic acids is 1. The lowest BCUT2D eigenvalue weighted by Crippen LogP contribution is -2.33. The Hall–Kier alpha value is -1.99. The minimum absolute atomic E-state index is 0.139. The minimum atomic E-state index is -0.167. The summed E-state index contributed by atoms with van der Waals surface area (Å²) in [6, 6.07) is 5.02. The Morgan fingerprint density at radius 2 is 2.29 bits per heavy atom. The second-order valence-electron chi connectivity index (χ2n) is 6.63. The molecule has 2 N–H and O–H groups in total. The van der Waals surface area contributed by atoms with E-state index in [0.717, 1.165) is 19.3 Å². The summed E-state index contributed by atoms with van der Waals surface area (Å²) in [6.07, 6.45) is 3.96. The molecule has 4 rings (SSSR count). The van der Waals surface area contributed by atoms with E-state index in [1.165, 1.54) is 4.57 Å². The first-order valence-electron chi connectivity index (χ1n) is 8.19. The molecular formula is C17H19N3O3S. The fraction of sp³-hybridized carbons (Fsp3) is 0.471. The average Bonchev–Trinajstić information content (AvgIpc) is 3.20.